The van der Waals surface area contributed by atoms with Gasteiger partial charge in [0.15, 0.2) is 0 Å². The summed E-state index contributed by atoms with van der Waals surface area (Å²) in [5.74, 6) is 0.0398. The zero-order valence-corrected chi connectivity index (χ0v) is 16.7. The summed E-state index contributed by atoms with van der Waals surface area (Å²) in [6, 6.07) is 11.9. The van der Waals surface area contributed by atoms with Crippen LogP contribution >= 0.6 is 0 Å². The fraction of sp³-hybridized carbons (Fsp3) is 0.476. The van der Waals surface area contributed by atoms with Crippen molar-refractivity contribution in [3.63, 3.8) is 0 Å². The normalized spacial score (nSPS) is 17.5. The number of likely N-dealkylation sites (N-methyl/N-ethyl adjacent to an activating group) is 1. The lowest BCUT2D eigenvalue weighted by atomic mass is 10.1. The molecule has 0 saturated carbocycles. The number of aryl methyl sites for hydroxylation is 2. The number of aromatic nitrogens is 2. The minimum Gasteiger partial charge on any atom is -0.358 e. The first kappa shape index (κ1) is 20.1. The van der Waals surface area contributed by atoms with Gasteiger partial charge in [0, 0.05) is 52.4 Å². The monoisotopic (exact) mass is 383 g/mol. The lowest BCUT2D eigenvalue weighted by Gasteiger charge is -2.40. The van der Waals surface area contributed by atoms with Gasteiger partial charge < -0.3 is 10.2 Å². The summed E-state index contributed by atoms with van der Waals surface area (Å²) >= 11 is 0. The van der Waals surface area contributed by atoms with E-state index < -0.39 is 0 Å². The van der Waals surface area contributed by atoms with Crippen LogP contribution < -0.4 is 5.32 Å². The molecule has 1 aromatic carbocycles. The summed E-state index contributed by atoms with van der Waals surface area (Å²) in [5.41, 5.74) is 2.20. The van der Waals surface area contributed by atoms with Gasteiger partial charge in [0.1, 0.15) is 6.04 Å². The number of hydrogen-bond acceptors (Lipinski definition) is 4. The number of carbonyl (C=O) groups is 2. The van der Waals surface area contributed by atoms with Crippen molar-refractivity contribution in [3.05, 3.63) is 53.9 Å². The van der Waals surface area contributed by atoms with Gasteiger partial charge in [-0.25, -0.2) is 0 Å². The molecule has 7 nitrogen and oxygen atoms in total. The predicted octanol–water partition coefficient (Wildman–Crippen LogP) is 1.08. The Morgan fingerprint density at radius 3 is 2.61 bits per heavy atom. The van der Waals surface area contributed by atoms with Crippen LogP contribution in [0.4, 0.5) is 0 Å². The highest BCUT2D eigenvalue weighted by Crippen LogP contribution is 2.13. The van der Waals surface area contributed by atoms with E-state index in [1.807, 2.05) is 42.3 Å². The largest absolute Gasteiger partial charge is 0.358 e. The first-order valence-electron chi connectivity index (χ1n) is 9.84. The molecule has 150 valence electrons. The third-order valence-electron chi connectivity index (χ3n) is 5.25. The fourth-order valence-electron chi connectivity index (χ4n) is 3.60. The predicted molar refractivity (Wildman–Crippen MR) is 108 cm³/mol. The number of nitrogens with zero attached hydrogens (tertiary/aromatic N) is 4. The quantitative estimate of drug-likeness (QED) is 0.777. The van der Waals surface area contributed by atoms with Gasteiger partial charge >= 0.3 is 0 Å². The van der Waals surface area contributed by atoms with E-state index in [0.717, 1.165) is 18.7 Å². The molecule has 1 N–H and O–H groups in total. The number of benzene rings is 1. The molecule has 2 heterocycles. The second-order valence-corrected chi connectivity index (χ2v) is 7.21. The molecule has 0 aliphatic carbocycles. The molecule has 1 unspecified atom stereocenters. The molecule has 3 rings (SSSR count). The van der Waals surface area contributed by atoms with E-state index in [2.05, 4.69) is 27.4 Å². The van der Waals surface area contributed by atoms with Crippen molar-refractivity contribution >= 4 is 11.8 Å². The molecular weight excluding hydrogens is 354 g/mol. The Labute approximate surface area is 166 Å². The highest BCUT2D eigenvalue weighted by atomic mass is 16.2. The number of piperazine rings is 1. The minimum absolute atomic E-state index is 0.0340. The maximum Gasteiger partial charge on any atom is 0.238 e. The molecule has 0 spiro atoms. The van der Waals surface area contributed by atoms with E-state index in [4.69, 9.17) is 0 Å². The molecule has 2 amide bonds. The van der Waals surface area contributed by atoms with Crippen molar-refractivity contribution in [1.82, 2.24) is 24.9 Å². The number of amides is 2. The Bertz CT molecular complexity index is 789. The van der Waals surface area contributed by atoms with Gasteiger partial charge in [-0.2, -0.15) is 5.10 Å². The Balaban J connectivity index is 1.56. The standard InChI is InChI=1S/C21H29N5O2/c1-17-8-12-26(23-17)13-10-20(27)25-15-14-24(19(16-25)21(28)22-2)11-9-18-6-4-3-5-7-18/h3-8,12,19H,9-11,13-16H2,1-2H3,(H,22,28). The topological polar surface area (TPSA) is 70.5 Å². The average molecular weight is 383 g/mol. The summed E-state index contributed by atoms with van der Waals surface area (Å²) in [6.07, 6.45) is 3.17. The Morgan fingerprint density at radius 2 is 1.93 bits per heavy atom. The molecule has 1 fully saturated rings. The number of carbonyl (C=O) groups excluding carboxylic acids is 2. The van der Waals surface area contributed by atoms with E-state index >= 15 is 0 Å². The lowest BCUT2D eigenvalue weighted by Crippen LogP contribution is -2.60. The van der Waals surface area contributed by atoms with Crippen LogP contribution in [0.3, 0.4) is 0 Å². The van der Waals surface area contributed by atoms with Crippen LogP contribution in [0.5, 0.6) is 0 Å². The molecule has 1 atom stereocenters. The minimum atomic E-state index is -0.307. The zero-order chi connectivity index (χ0) is 19.9. The maximum absolute atomic E-state index is 12.7. The SMILES string of the molecule is CNC(=O)C1CN(C(=O)CCn2ccc(C)n2)CCN1CCc1ccccc1. The van der Waals surface area contributed by atoms with Crippen molar-refractivity contribution in [2.45, 2.75) is 32.4 Å². The molecule has 1 saturated heterocycles. The average Bonchev–Trinajstić information content (AvgIpc) is 3.15. The van der Waals surface area contributed by atoms with Crippen LogP contribution in [0.1, 0.15) is 17.7 Å². The maximum atomic E-state index is 12.7. The van der Waals surface area contributed by atoms with E-state index in [0.29, 0.717) is 32.6 Å². The summed E-state index contributed by atoms with van der Waals surface area (Å²) in [6.45, 7) is 5.09. The molecule has 7 heteroatoms. The molecule has 28 heavy (non-hydrogen) atoms. The van der Waals surface area contributed by atoms with Gasteiger partial charge in [0.05, 0.1) is 5.69 Å². The summed E-state index contributed by atoms with van der Waals surface area (Å²) in [4.78, 5) is 29.1. The molecular formula is C21H29N5O2. The lowest BCUT2D eigenvalue weighted by molar-refractivity contribution is -0.138. The van der Waals surface area contributed by atoms with Crippen molar-refractivity contribution < 1.29 is 9.59 Å². The number of hydrogen-bond donors (Lipinski definition) is 1. The van der Waals surface area contributed by atoms with Crippen molar-refractivity contribution in [2.24, 2.45) is 0 Å². The summed E-state index contributed by atoms with van der Waals surface area (Å²) < 4.78 is 1.79. The second kappa shape index (κ2) is 9.50. The second-order valence-electron chi connectivity index (χ2n) is 7.21. The van der Waals surface area contributed by atoms with Gasteiger partial charge in [-0.3, -0.25) is 19.2 Å². The molecule has 1 aliphatic heterocycles. The Morgan fingerprint density at radius 1 is 1.14 bits per heavy atom. The van der Waals surface area contributed by atoms with Crippen LogP contribution in [0.25, 0.3) is 0 Å². The van der Waals surface area contributed by atoms with Crippen molar-refractivity contribution in [1.29, 1.82) is 0 Å². The first-order chi connectivity index (χ1) is 13.6. The summed E-state index contributed by atoms with van der Waals surface area (Å²) in [7, 11) is 1.65. The number of rotatable bonds is 7. The molecule has 1 aromatic heterocycles. The van der Waals surface area contributed by atoms with E-state index in [9.17, 15) is 9.59 Å². The van der Waals surface area contributed by atoms with Gasteiger partial charge in [0.25, 0.3) is 0 Å². The van der Waals surface area contributed by atoms with Crippen LogP contribution in [-0.4, -0.2) is 70.7 Å². The van der Waals surface area contributed by atoms with Gasteiger partial charge in [-0.05, 0) is 25.0 Å². The molecule has 0 radical (unpaired) electrons. The Hall–Kier alpha value is -2.67. The van der Waals surface area contributed by atoms with Gasteiger partial charge in [0.2, 0.25) is 11.8 Å². The van der Waals surface area contributed by atoms with E-state index in [1.54, 1.807) is 11.7 Å². The zero-order valence-electron chi connectivity index (χ0n) is 16.7. The van der Waals surface area contributed by atoms with Crippen LogP contribution in [0.15, 0.2) is 42.6 Å². The van der Waals surface area contributed by atoms with Crippen molar-refractivity contribution in [2.75, 3.05) is 33.2 Å². The number of nitrogens with one attached hydrogen (secondary N) is 1. The van der Waals surface area contributed by atoms with Crippen molar-refractivity contribution in [3.8, 4) is 0 Å². The van der Waals surface area contributed by atoms with Crippen LogP contribution in [-0.2, 0) is 22.6 Å². The van der Waals surface area contributed by atoms with E-state index in [-0.39, 0.29) is 17.9 Å². The fourth-order valence-corrected chi connectivity index (χ4v) is 3.60. The molecule has 0 bridgehead atoms. The third kappa shape index (κ3) is 5.19. The van der Waals surface area contributed by atoms with Gasteiger partial charge in [-0.1, -0.05) is 30.3 Å². The highest BCUT2D eigenvalue weighted by molar-refractivity contribution is 5.83. The molecule has 2 aromatic rings. The summed E-state index contributed by atoms with van der Waals surface area (Å²) in [5, 5.41) is 7.07. The van der Waals surface area contributed by atoms with Gasteiger partial charge in [-0.15, -0.1) is 0 Å². The highest BCUT2D eigenvalue weighted by Gasteiger charge is 2.33. The first-order valence-corrected chi connectivity index (χ1v) is 9.84. The third-order valence-corrected chi connectivity index (χ3v) is 5.25. The van der Waals surface area contributed by atoms with Crippen LogP contribution in [0.2, 0.25) is 0 Å². The van der Waals surface area contributed by atoms with Crippen LogP contribution in [0, 0.1) is 6.92 Å². The van der Waals surface area contributed by atoms with E-state index in [1.165, 1.54) is 5.56 Å². The molecule has 1 aliphatic rings. The smallest absolute Gasteiger partial charge is 0.238 e. The Kier molecular flexibility index (Phi) is 6.81.